The number of benzene rings is 2. The third-order valence-corrected chi connectivity index (χ3v) is 3.95. The van der Waals surface area contributed by atoms with Crippen LogP contribution in [0.2, 0.25) is 0 Å². The number of carbonyl (C=O) groups excluding carboxylic acids is 2. The second-order valence-electron chi connectivity index (χ2n) is 5.44. The number of non-ortho nitro benzene ring substituents is 1. The van der Waals surface area contributed by atoms with Crippen LogP contribution in [0.3, 0.4) is 0 Å². The molecule has 0 unspecified atom stereocenters. The predicted molar refractivity (Wildman–Crippen MR) is 86.0 cm³/mol. The molecule has 6 nitrogen and oxygen atoms in total. The molecule has 6 heteroatoms. The van der Waals surface area contributed by atoms with Gasteiger partial charge in [-0.25, -0.2) is 4.79 Å². The van der Waals surface area contributed by atoms with Gasteiger partial charge in [-0.2, -0.15) is 0 Å². The van der Waals surface area contributed by atoms with Gasteiger partial charge in [0.1, 0.15) is 5.75 Å². The van der Waals surface area contributed by atoms with Crippen molar-refractivity contribution in [1.29, 1.82) is 0 Å². The minimum atomic E-state index is -0.645. The average Bonchev–Trinajstić information content (AvgIpc) is 2.59. The highest BCUT2D eigenvalue weighted by Crippen LogP contribution is 2.41. The van der Waals surface area contributed by atoms with Crippen molar-refractivity contribution in [2.75, 3.05) is 0 Å². The normalized spacial score (nSPS) is 16.2. The van der Waals surface area contributed by atoms with E-state index < -0.39 is 16.8 Å². The summed E-state index contributed by atoms with van der Waals surface area (Å²) in [6.07, 6.45) is -0.00782. The van der Waals surface area contributed by atoms with Crippen molar-refractivity contribution in [3.63, 3.8) is 0 Å². The van der Waals surface area contributed by atoms with Crippen LogP contribution in [0.1, 0.15) is 28.3 Å². The lowest BCUT2D eigenvalue weighted by atomic mass is 9.84. The van der Waals surface area contributed by atoms with Gasteiger partial charge in [-0.3, -0.25) is 14.9 Å². The monoisotopic (exact) mass is 323 g/mol. The smallest absolute Gasteiger partial charge is 0.339 e. The van der Waals surface area contributed by atoms with E-state index in [-0.39, 0.29) is 29.2 Å². The largest absolute Gasteiger partial charge is 0.423 e. The summed E-state index contributed by atoms with van der Waals surface area (Å²) in [5.41, 5.74) is 0.929. The number of rotatable bonds is 4. The Morgan fingerprint density at radius 3 is 2.58 bits per heavy atom. The van der Waals surface area contributed by atoms with E-state index in [1.165, 1.54) is 18.2 Å². The molecule has 1 atom stereocenters. The molecule has 0 aliphatic carbocycles. The van der Waals surface area contributed by atoms with Crippen LogP contribution in [0, 0.1) is 10.1 Å². The highest BCUT2D eigenvalue weighted by molar-refractivity contribution is 6.00. The summed E-state index contributed by atoms with van der Waals surface area (Å²) in [5.74, 6) is -1.21. The van der Waals surface area contributed by atoms with Gasteiger partial charge >= 0.3 is 5.97 Å². The fraction of sp³-hybridized carbons (Fsp3) is 0.111. The molecular weight excluding hydrogens is 310 g/mol. The first-order valence-corrected chi connectivity index (χ1v) is 7.25. The van der Waals surface area contributed by atoms with Gasteiger partial charge in [0.25, 0.3) is 5.69 Å². The Balaban J connectivity index is 1.99. The molecule has 0 fully saturated rings. The van der Waals surface area contributed by atoms with Crippen molar-refractivity contribution in [2.24, 2.45) is 0 Å². The molecule has 120 valence electrons. The molecule has 3 rings (SSSR count). The molecule has 0 amide bonds. The zero-order chi connectivity index (χ0) is 17.3. The van der Waals surface area contributed by atoms with Crippen LogP contribution in [-0.4, -0.2) is 16.7 Å². The molecular formula is C18H13NO5. The highest BCUT2D eigenvalue weighted by Gasteiger charge is 2.34. The summed E-state index contributed by atoms with van der Waals surface area (Å²) in [4.78, 5) is 34.9. The molecule has 0 N–H and O–H groups in total. The van der Waals surface area contributed by atoms with Gasteiger partial charge in [0.15, 0.2) is 5.78 Å². The molecule has 1 aliphatic rings. The molecule has 1 aliphatic heterocycles. The predicted octanol–water partition coefficient (Wildman–Crippen LogP) is 3.43. The average molecular weight is 323 g/mol. The maximum absolute atomic E-state index is 12.5. The molecule has 0 saturated carbocycles. The van der Waals surface area contributed by atoms with Crippen LogP contribution in [-0.2, 0) is 4.79 Å². The van der Waals surface area contributed by atoms with Crippen molar-refractivity contribution in [3.8, 4) is 5.75 Å². The number of nitro groups is 1. The third kappa shape index (κ3) is 2.81. The van der Waals surface area contributed by atoms with E-state index in [0.29, 0.717) is 11.1 Å². The molecule has 0 bridgehead atoms. The van der Waals surface area contributed by atoms with E-state index in [2.05, 4.69) is 6.58 Å². The fourth-order valence-corrected chi connectivity index (χ4v) is 2.67. The lowest BCUT2D eigenvalue weighted by molar-refractivity contribution is -0.385. The standard InChI is InChI=1S/C18H13NO5/c1-11-14(10-16(20)12-5-3-2-4-6-12)15-9-13(19(22)23)7-8-17(15)24-18(11)21/h2-9,14H,1,10H2/t14-/m1/s1. The first kappa shape index (κ1) is 15.6. The number of hydrogen-bond acceptors (Lipinski definition) is 5. The van der Waals surface area contributed by atoms with Crippen LogP contribution in [0.25, 0.3) is 0 Å². The first-order valence-electron chi connectivity index (χ1n) is 7.25. The molecule has 2 aromatic carbocycles. The number of carbonyl (C=O) groups is 2. The molecule has 0 radical (unpaired) electrons. The summed E-state index contributed by atoms with van der Waals surface area (Å²) in [7, 11) is 0. The summed E-state index contributed by atoms with van der Waals surface area (Å²) >= 11 is 0. The van der Waals surface area contributed by atoms with Crippen LogP contribution < -0.4 is 4.74 Å². The van der Waals surface area contributed by atoms with Gasteiger partial charge in [0.05, 0.1) is 4.92 Å². The number of ether oxygens (including phenoxy) is 1. The number of nitrogens with zero attached hydrogens (tertiary/aromatic N) is 1. The molecule has 1 heterocycles. The Hall–Kier alpha value is -3.28. The Labute approximate surface area is 137 Å². The van der Waals surface area contributed by atoms with E-state index in [1.807, 2.05) is 0 Å². The summed E-state index contributed by atoms with van der Waals surface area (Å²) < 4.78 is 5.12. The summed E-state index contributed by atoms with van der Waals surface area (Å²) in [6.45, 7) is 3.70. The van der Waals surface area contributed by atoms with Gasteiger partial charge in [0.2, 0.25) is 0 Å². The van der Waals surface area contributed by atoms with Crippen molar-refractivity contribution >= 4 is 17.4 Å². The molecule has 0 spiro atoms. The van der Waals surface area contributed by atoms with Crippen LogP contribution >= 0.6 is 0 Å². The lowest BCUT2D eigenvalue weighted by Gasteiger charge is -2.25. The van der Waals surface area contributed by atoms with Crippen molar-refractivity contribution in [2.45, 2.75) is 12.3 Å². The SMILES string of the molecule is C=C1C(=O)Oc2ccc([N+](=O)[O-])cc2[C@@H]1CC(=O)c1ccccc1. The van der Waals surface area contributed by atoms with Gasteiger partial charge in [0, 0.05) is 41.2 Å². The number of fused-ring (bicyclic) bond motifs is 1. The lowest BCUT2D eigenvalue weighted by Crippen LogP contribution is -2.25. The fourth-order valence-electron chi connectivity index (χ4n) is 2.67. The summed E-state index contributed by atoms with van der Waals surface area (Å²) in [6, 6.07) is 12.6. The molecule has 0 saturated heterocycles. The van der Waals surface area contributed by atoms with Gasteiger partial charge < -0.3 is 4.74 Å². The number of Topliss-reactive ketones (excluding diaryl/α,β-unsaturated/α-hetero) is 1. The summed E-state index contributed by atoms with van der Waals surface area (Å²) in [5, 5.41) is 11.0. The van der Waals surface area contributed by atoms with Gasteiger partial charge in [-0.15, -0.1) is 0 Å². The number of nitro benzene ring substituents is 1. The number of ketones is 1. The zero-order valence-electron chi connectivity index (χ0n) is 12.6. The Morgan fingerprint density at radius 2 is 1.92 bits per heavy atom. The second kappa shape index (κ2) is 6.08. The molecule has 2 aromatic rings. The number of esters is 1. The van der Waals surface area contributed by atoms with Crippen LogP contribution in [0.5, 0.6) is 5.75 Å². The van der Waals surface area contributed by atoms with Crippen molar-refractivity contribution < 1.29 is 19.2 Å². The highest BCUT2D eigenvalue weighted by atomic mass is 16.6. The van der Waals surface area contributed by atoms with E-state index in [9.17, 15) is 19.7 Å². The van der Waals surface area contributed by atoms with E-state index in [0.717, 1.165) is 0 Å². The van der Waals surface area contributed by atoms with Crippen molar-refractivity contribution in [3.05, 3.63) is 81.9 Å². The Bertz CT molecular complexity index is 857. The van der Waals surface area contributed by atoms with Crippen LogP contribution in [0.4, 0.5) is 5.69 Å². The first-order chi connectivity index (χ1) is 11.5. The zero-order valence-corrected chi connectivity index (χ0v) is 12.6. The third-order valence-electron chi connectivity index (χ3n) is 3.95. The quantitative estimate of drug-likeness (QED) is 0.215. The molecule has 0 aromatic heterocycles. The topological polar surface area (TPSA) is 86.5 Å². The van der Waals surface area contributed by atoms with Crippen LogP contribution in [0.15, 0.2) is 60.7 Å². The maximum Gasteiger partial charge on any atom is 0.339 e. The minimum absolute atomic E-state index is 0.00782. The van der Waals surface area contributed by atoms with E-state index >= 15 is 0 Å². The van der Waals surface area contributed by atoms with Crippen molar-refractivity contribution in [1.82, 2.24) is 0 Å². The Kier molecular flexibility index (Phi) is 3.95. The molecule has 24 heavy (non-hydrogen) atoms. The Morgan fingerprint density at radius 1 is 1.21 bits per heavy atom. The van der Waals surface area contributed by atoms with Gasteiger partial charge in [-0.05, 0) is 6.07 Å². The van der Waals surface area contributed by atoms with E-state index in [1.54, 1.807) is 30.3 Å². The second-order valence-corrected chi connectivity index (χ2v) is 5.44. The van der Waals surface area contributed by atoms with E-state index in [4.69, 9.17) is 4.74 Å². The minimum Gasteiger partial charge on any atom is -0.423 e. The number of hydrogen-bond donors (Lipinski definition) is 0. The van der Waals surface area contributed by atoms with Gasteiger partial charge in [-0.1, -0.05) is 36.9 Å². The maximum atomic E-state index is 12.5.